The second-order valence-corrected chi connectivity index (χ2v) is 10.3. The summed E-state index contributed by atoms with van der Waals surface area (Å²) in [5.41, 5.74) is 6.96. The number of carbonyl (C=O) groups excluding carboxylic acids is 2. The summed E-state index contributed by atoms with van der Waals surface area (Å²) < 4.78 is 34.5. The first-order valence-corrected chi connectivity index (χ1v) is 13.6. The second kappa shape index (κ2) is 12.1. The molecular weight excluding hydrogens is 572 g/mol. The van der Waals surface area contributed by atoms with Crippen LogP contribution in [0.15, 0.2) is 66.2 Å². The summed E-state index contributed by atoms with van der Waals surface area (Å²) in [4.78, 5) is 38.2. The van der Waals surface area contributed by atoms with Gasteiger partial charge >= 0.3 is 6.03 Å². The van der Waals surface area contributed by atoms with Crippen LogP contribution in [-0.2, 0) is 6.54 Å². The van der Waals surface area contributed by atoms with E-state index in [1.54, 1.807) is 41.9 Å². The summed E-state index contributed by atoms with van der Waals surface area (Å²) in [6, 6.07) is 13.1. The van der Waals surface area contributed by atoms with E-state index in [0.717, 1.165) is 11.3 Å². The van der Waals surface area contributed by atoms with E-state index in [1.807, 2.05) is 6.07 Å². The molecule has 5 rings (SSSR count). The van der Waals surface area contributed by atoms with Crippen molar-refractivity contribution in [2.24, 2.45) is 0 Å². The van der Waals surface area contributed by atoms with E-state index in [-0.39, 0.29) is 40.0 Å². The number of aromatic nitrogens is 3. The van der Waals surface area contributed by atoms with Gasteiger partial charge in [0, 0.05) is 28.8 Å². The van der Waals surface area contributed by atoms with Crippen molar-refractivity contribution in [1.29, 1.82) is 0 Å². The maximum Gasteiger partial charge on any atom is 0.321 e. The number of pyridine rings is 1. The number of thiazole rings is 2. The predicted octanol–water partition coefficient (Wildman–Crippen LogP) is 5.77. The van der Waals surface area contributed by atoms with Gasteiger partial charge in [-0.05, 0) is 36.4 Å². The molecule has 0 fully saturated rings. The molecule has 10 nitrogen and oxygen atoms in total. The number of nitrogens with one attached hydrogen (secondary N) is 3. The third-order valence-corrected chi connectivity index (χ3v) is 7.62. The molecule has 5 N–H and O–H groups in total. The largest absolute Gasteiger partial charge is 0.497 e. The molecule has 3 aromatic heterocycles. The SMILES string of the molecule is COc1cccc(C(=O)Nc2cc(-c3csc(-c4sc(NC(=O)NCc5ccccn5)nc4N)n3)c(F)cc2F)c1. The third kappa shape index (κ3) is 6.45. The molecule has 0 bridgehead atoms. The van der Waals surface area contributed by atoms with Crippen LogP contribution in [0.2, 0.25) is 0 Å². The first-order chi connectivity index (χ1) is 19.8. The Labute approximate surface area is 240 Å². The molecule has 0 spiro atoms. The van der Waals surface area contributed by atoms with Crippen LogP contribution in [-0.4, -0.2) is 34.0 Å². The molecule has 3 amide bonds. The Balaban J connectivity index is 1.31. The van der Waals surface area contributed by atoms with Crippen molar-refractivity contribution >= 4 is 51.2 Å². The molecule has 0 atom stereocenters. The lowest BCUT2D eigenvalue weighted by Crippen LogP contribution is -2.28. The molecule has 0 radical (unpaired) electrons. The van der Waals surface area contributed by atoms with E-state index in [0.29, 0.717) is 27.4 Å². The van der Waals surface area contributed by atoms with Crippen molar-refractivity contribution in [2.45, 2.75) is 6.54 Å². The Kier molecular flexibility index (Phi) is 8.12. The summed E-state index contributed by atoms with van der Waals surface area (Å²) in [6.45, 7) is 0.224. The summed E-state index contributed by atoms with van der Waals surface area (Å²) in [5.74, 6) is -1.81. The Morgan fingerprint density at radius 3 is 2.66 bits per heavy atom. The zero-order valence-corrected chi connectivity index (χ0v) is 22.9. The zero-order valence-electron chi connectivity index (χ0n) is 21.3. The normalized spacial score (nSPS) is 10.7. The lowest BCUT2D eigenvalue weighted by Gasteiger charge is -2.10. The lowest BCUT2D eigenvalue weighted by atomic mass is 10.1. The zero-order chi connectivity index (χ0) is 28.9. The van der Waals surface area contributed by atoms with Gasteiger partial charge in [0.25, 0.3) is 5.91 Å². The molecule has 41 heavy (non-hydrogen) atoms. The molecule has 0 aliphatic heterocycles. The number of benzene rings is 2. The van der Waals surface area contributed by atoms with Gasteiger partial charge < -0.3 is 21.1 Å². The Morgan fingerprint density at radius 2 is 1.88 bits per heavy atom. The van der Waals surface area contributed by atoms with Crippen molar-refractivity contribution in [3.8, 4) is 26.9 Å². The number of carbonyl (C=O) groups is 2. The van der Waals surface area contributed by atoms with Crippen LogP contribution in [0.1, 0.15) is 16.1 Å². The molecular formula is C27H21F2N7O3S2. The number of nitrogens with zero attached hydrogens (tertiary/aromatic N) is 3. The van der Waals surface area contributed by atoms with Gasteiger partial charge in [0.15, 0.2) is 5.13 Å². The number of hydrogen-bond acceptors (Lipinski definition) is 9. The quantitative estimate of drug-likeness (QED) is 0.179. The van der Waals surface area contributed by atoms with E-state index < -0.39 is 23.6 Å². The number of amides is 3. The molecule has 208 valence electrons. The fraction of sp³-hybridized carbons (Fsp3) is 0.0741. The van der Waals surface area contributed by atoms with Crippen molar-refractivity contribution in [3.05, 3.63) is 89.1 Å². The highest BCUT2D eigenvalue weighted by atomic mass is 32.1. The van der Waals surface area contributed by atoms with Crippen molar-refractivity contribution in [2.75, 3.05) is 23.5 Å². The number of ether oxygens (including phenoxy) is 1. The standard InChI is InChI=1S/C27H21F2N7O3S2/c1-39-16-7-4-5-14(9-16)24(37)33-20-10-17(18(28)11-19(20)29)21-13-40-25(34-21)22-23(30)35-27(41-22)36-26(38)32-12-15-6-2-3-8-31-15/h2-11,13H,12,30H2,1H3,(H,33,37)(H2,32,35,36,38). The Hall–Kier alpha value is -4.95. The minimum Gasteiger partial charge on any atom is -0.497 e. The van der Waals surface area contributed by atoms with Crippen LogP contribution >= 0.6 is 22.7 Å². The van der Waals surface area contributed by atoms with Crippen LogP contribution in [0.5, 0.6) is 5.75 Å². The first-order valence-electron chi connectivity index (χ1n) is 11.9. The van der Waals surface area contributed by atoms with Crippen molar-refractivity contribution < 1.29 is 23.1 Å². The number of hydrogen-bond donors (Lipinski definition) is 4. The summed E-state index contributed by atoms with van der Waals surface area (Å²) in [6.07, 6.45) is 1.63. The van der Waals surface area contributed by atoms with E-state index >= 15 is 0 Å². The smallest absolute Gasteiger partial charge is 0.321 e. The highest BCUT2D eigenvalue weighted by Gasteiger charge is 2.20. The number of anilines is 3. The average molecular weight is 594 g/mol. The number of nitrogen functional groups attached to an aromatic ring is 1. The van der Waals surface area contributed by atoms with E-state index in [2.05, 4.69) is 30.9 Å². The van der Waals surface area contributed by atoms with Crippen LogP contribution in [0, 0.1) is 11.6 Å². The third-order valence-electron chi connectivity index (χ3n) is 5.64. The molecule has 0 saturated heterocycles. The van der Waals surface area contributed by atoms with Gasteiger partial charge in [0.2, 0.25) is 0 Å². The van der Waals surface area contributed by atoms with E-state index in [4.69, 9.17) is 10.5 Å². The lowest BCUT2D eigenvalue weighted by molar-refractivity contribution is 0.102. The fourth-order valence-electron chi connectivity index (χ4n) is 3.66. The van der Waals surface area contributed by atoms with Gasteiger partial charge in [-0.15, -0.1) is 11.3 Å². The van der Waals surface area contributed by atoms with E-state index in [1.165, 1.54) is 30.6 Å². The van der Waals surface area contributed by atoms with Gasteiger partial charge in [-0.3, -0.25) is 15.1 Å². The maximum absolute atomic E-state index is 14.8. The minimum absolute atomic E-state index is 0.0230. The Bertz CT molecular complexity index is 1730. The van der Waals surface area contributed by atoms with Crippen LogP contribution in [0.25, 0.3) is 21.1 Å². The summed E-state index contributed by atoms with van der Waals surface area (Å²) >= 11 is 2.26. The van der Waals surface area contributed by atoms with E-state index in [9.17, 15) is 18.4 Å². The number of rotatable bonds is 8. The predicted molar refractivity (Wildman–Crippen MR) is 154 cm³/mol. The molecule has 3 heterocycles. The topological polar surface area (TPSA) is 144 Å². The molecule has 0 saturated carbocycles. The first kappa shape index (κ1) is 27.6. The minimum atomic E-state index is -0.943. The Morgan fingerprint density at radius 1 is 1.02 bits per heavy atom. The van der Waals surface area contributed by atoms with Crippen LogP contribution in [0.3, 0.4) is 0 Å². The molecule has 5 aromatic rings. The van der Waals surface area contributed by atoms with Crippen LogP contribution < -0.4 is 26.4 Å². The highest BCUT2D eigenvalue weighted by Crippen LogP contribution is 2.39. The number of halogens is 2. The number of methoxy groups -OCH3 is 1. The maximum atomic E-state index is 14.8. The van der Waals surface area contributed by atoms with Gasteiger partial charge in [-0.1, -0.05) is 23.5 Å². The summed E-state index contributed by atoms with van der Waals surface area (Å²) in [7, 11) is 1.46. The molecule has 2 aromatic carbocycles. The van der Waals surface area contributed by atoms with Gasteiger partial charge in [0.05, 0.1) is 30.7 Å². The van der Waals surface area contributed by atoms with Crippen molar-refractivity contribution in [1.82, 2.24) is 20.3 Å². The number of urea groups is 1. The highest BCUT2D eigenvalue weighted by molar-refractivity contribution is 7.23. The monoisotopic (exact) mass is 593 g/mol. The number of nitrogens with two attached hydrogens (primary N) is 1. The van der Waals surface area contributed by atoms with Gasteiger partial charge in [-0.2, -0.15) is 0 Å². The molecule has 0 unspecified atom stereocenters. The van der Waals surface area contributed by atoms with Gasteiger partial charge in [0.1, 0.15) is 33.1 Å². The molecule has 0 aliphatic rings. The molecule has 14 heteroatoms. The molecule has 0 aliphatic carbocycles. The summed E-state index contributed by atoms with van der Waals surface area (Å²) in [5, 5.41) is 10.00. The average Bonchev–Trinajstić information content (AvgIpc) is 3.60. The fourth-order valence-corrected chi connectivity index (χ4v) is 5.45. The van der Waals surface area contributed by atoms with Crippen LogP contribution in [0.4, 0.5) is 30.2 Å². The second-order valence-electron chi connectivity index (χ2n) is 8.40. The van der Waals surface area contributed by atoms with Gasteiger partial charge in [-0.25, -0.2) is 23.5 Å². The van der Waals surface area contributed by atoms with Crippen molar-refractivity contribution in [3.63, 3.8) is 0 Å².